The van der Waals surface area contributed by atoms with Gasteiger partial charge in [-0.15, -0.1) is 11.3 Å². The van der Waals surface area contributed by atoms with Crippen LogP contribution in [0.3, 0.4) is 0 Å². The van der Waals surface area contributed by atoms with Crippen molar-refractivity contribution in [3.63, 3.8) is 0 Å². The van der Waals surface area contributed by atoms with Crippen LogP contribution in [0, 0.1) is 0 Å². The highest BCUT2D eigenvalue weighted by Crippen LogP contribution is 2.30. The van der Waals surface area contributed by atoms with Crippen LogP contribution < -0.4 is 0 Å². The molecule has 1 aliphatic heterocycles. The summed E-state index contributed by atoms with van der Waals surface area (Å²) in [6.07, 6.45) is 0.364. The monoisotopic (exact) mass is 423 g/mol. The molecule has 0 saturated heterocycles. The minimum Gasteiger partial charge on any atom is -0.476 e. The molecule has 0 fully saturated rings. The molecule has 3 heterocycles. The van der Waals surface area contributed by atoms with E-state index >= 15 is 0 Å². The molecule has 0 saturated carbocycles. The lowest BCUT2D eigenvalue weighted by molar-refractivity contribution is 0.0688. The Morgan fingerprint density at radius 3 is 2.59 bits per heavy atom. The molecule has 10 heteroatoms. The SMILES string of the molecule is O=C(O)c1nn(-c2ccc(Cl)cc2)c2c1CN(S(=O)(=O)c1cccs1)CC2. The van der Waals surface area contributed by atoms with E-state index in [1.54, 1.807) is 46.5 Å². The van der Waals surface area contributed by atoms with Crippen LogP contribution in [0.25, 0.3) is 5.69 Å². The molecule has 1 aromatic carbocycles. The first-order valence-electron chi connectivity index (χ1n) is 8.01. The molecular formula is C17H14ClN3O4S2. The Balaban J connectivity index is 1.77. The van der Waals surface area contributed by atoms with Crippen LogP contribution in [0.4, 0.5) is 0 Å². The molecule has 27 heavy (non-hydrogen) atoms. The predicted octanol–water partition coefficient (Wildman–Crippen LogP) is 3.03. The van der Waals surface area contributed by atoms with Gasteiger partial charge in [0.15, 0.2) is 5.69 Å². The van der Waals surface area contributed by atoms with E-state index in [2.05, 4.69) is 5.10 Å². The van der Waals surface area contributed by atoms with Crippen LogP contribution in [0.5, 0.6) is 0 Å². The number of hydrogen-bond donors (Lipinski definition) is 1. The Kier molecular flexibility index (Phi) is 4.55. The maximum Gasteiger partial charge on any atom is 0.356 e. The average molecular weight is 424 g/mol. The Hall–Kier alpha value is -2.20. The van der Waals surface area contributed by atoms with Crippen molar-refractivity contribution in [2.45, 2.75) is 17.2 Å². The molecule has 3 aromatic rings. The molecule has 1 aliphatic rings. The molecular weight excluding hydrogens is 410 g/mol. The number of benzene rings is 1. The molecule has 4 rings (SSSR count). The summed E-state index contributed by atoms with van der Waals surface area (Å²) in [5, 5.41) is 16.0. The van der Waals surface area contributed by atoms with Crippen LogP contribution in [-0.4, -0.2) is 40.1 Å². The normalized spacial score (nSPS) is 14.9. The number of fused-ring (bicyclic) bond motifs is 1. The van der Waals surface area contributed by atoms with Gasteiger partial charge >= 0.3 is 5.97 Å². The van der Waals surface area contributed by atoms with Gasteiger partial charge in [0.1, 0.15) is 4.21 Å². The Morgan fingerprint density at radius 2 is 1.96 bits per heavy atom. The summed E-state index contributed by atoms with van der Waals surface area (Å²) >= 11 is 7.06. The van der Waals surface area contributed by atoms with Crippen molar-refractivity contribution < 1.29 is 18.3 Å². The van der Waals surface area contributed by atoms with E-state index in [0.717, 1.165) is 11.3 Å². The molecule has 0 amide bonds. The summed E-state index contributed by atoms with van der Waals surface area (Å²) in [6.45, 7) is 0.233. The molecule has 0 unspecified atom stereocenters. The molecule has 0 spiro atoms. The smallest absolute Gasteiger partial charge is 0.356 e. The zero-order valence-corrected chi connectivity index (χ0v) is 16.3. The van der Waals surface area contributed by atoms with Crippen molar-refractivity contribution in [1.82, 2.24) is 14.1 Å². The number of aromatic nitrogens is 2. The highest BCUT2D eigenvalue weighted by molar-refractivity contribution is 7.91. The van der Waals surface area contributed by atoms with Gasteiger partial charge in [0, 0.05) is 30.1 Å². The van der Waals surface area contributed by atoms with Crippen molar-refractivity contribution in [3.8, 4) is 5.69 Å². The molecule has 1 N–H and O–H groups in total. The quantitative estimate of drug-likeness (QED) is 0.696. The number of nitrogens with zero attached hydrogens (tertiary/aromatic N) is 3. The molecule has 140 valence electrons. The highest BCUT2D eigenvalue weighted by atomic mass is 35.5. The summed E-state index contributed by atoms with van der Waals surface area (Å²) in [5.74, 6) is -1.19. The third kappa shape index (κ3) is 3.16. The number of carboxylic acids is 1. The van der Waals surface area contributed by atoms with E-state index in [1.807, 2.05) is 0 Å². The van der Waals surface area contributed by atoms with Crippen molar-refractivity contribution in [1.29, 1.82) is 0 Å². The van der Waals surface area contributed by atoms with Crippen molar-refractivity contribution in [2.24, 2.45) is 0 Å². The van der Waals surface area contributed by atoms with Gasteiger partial charge in [0.25, 0.3) is 10.0 Å². The average Bonchev–Trinajstić information content (AvgIpc) is 3.30. The molecule has 7 nitrogen and oxygen atoms in total. The number of aromatic carboxylic acids is 1. The molecule has 0 radical (unpaired) electrons. The topological polar surface area (TPSA) is 92.5 Å². The lowest BCUT2D eigenvalue weighted by atomic mass is 10.1. The number of thiophene rings is 1. The zero-order valence-electron chi connectivity index (χ0n) is 13.9. The number of carboxylic acid groups (broad SMARTS) is 1. The summed E-state index contributed by atoms with van der Waals surface area (Å²) in [7, 11) is -3.66. The lowest BCUT2D eigenvalue weighted by Crippen LogP contribution is -2.36. The van der Waals surface area contributed by atoms with E-state index in [9.17, 15) is 18.3 Å². The second kappa shape index (κ2) is 6.75. The Bertz CT molecular complexity index is 1110. The maximum absolute atomic E-state index is 12.8. The number of rotatable bonds is 4. The van der Waals surface area contributed by atoms with Crippen molar-refractivity contribution in [2.75, 3.05) is 6.54 Å². The number of halogens is 1. The van der Waals surface area contributed by atoms with E-state index in [4.69, 9.17) is 11.6 Å². The molecule has 0 bridgehead atoms. The van der Waals surface area contributed by atoms with Gasteiger partial charge in [0.2, 0.25) is 0 Å². The summed E-state index contributed by atoms with van der Waals surface area (Å²) in [4.78, 5) is 11.7. The lowest BCUT2D eigenvalue weighted by Gasteiger charge is -2.26. The summed E-state index contributed by atoms with van der Waals surface area (Å²) in [6, 6.07) is 10.1. The summed E-state index contributed by atoms with van der Waals surface area (Å²) < 4.78 is 28.7. The Morgan fingerprint density at radius 1 is 1.22 bits per heavy atom. The van der Waals surface area contributed by atoms with E-state index in [-0.39, 0.29) is 23.0 Å². The van der Waals surface area contributed by atoms with Gasteiger partial charge in [-0.05, 0) is 35.7 Å². The number of sulfonamides is 1. The van der Waals surface area contributed by atoms with E-state index < -0.39 is 16.0 Å². The van der Waals surface area contributed by atoms with Gasteiger partial charge in [0.05, 0.1) is 11.4 Å². The van der Waals surface area contributed by atoms with Gasteiger partial charge < -0.3 is 5.11 Å². The second-order valence-electron chi connectivity index (χ2n) is 5.99. The molecule has 0 atom stereocenters. The minimum absolute atomic E-state index is 0.0230. The first-order chi connectivity index (χ1) is 12.9. The third-order valence-corrected chi connectivity index (χ3v) is 7.86. The van der Waals surface area contributed by atoms with Gasteiger partial charge in [-0.1, -0.05) is 17.7 Å². The summed E-state index contributed by atoms with van der Waals surface area (Å²) in [5.41, 5.74) is 1.67. The van der Waals surface area contributed by atoms with E-state index in [0.29, 0.717) is 28.4 Å². The fourth-order valence-electron chi connectivity index (χ4n) is 3.10. The van der Waals surface area contributed by atoms with Gasteiger partial charge in [-0.2, -0.15) is 9.40 Å². The van der Waals surface area contributed by atoms with Crippen LogP contribution in [0.15, 0.2) is 46.0 Å². The molecule has 2 aromatic heterocycles. The van der Waals surface area contributed by atoms with Crippen LogP contribution in [0.1, 0.15) is 21.7 Å². The van der Waals surface area contributed by atoms with Crippen molar-refractivity contribution >= 4 is 38.9 Å². The molecule has 0 aliphatic carbocycles. The Labute approximate surface area is 164 Å². The fourth-order valence-corrected chi connectivity index (χ4v) is 5.78. The van der Waals surface area contributed by atoms with Crippen molar-refractivity contribution in [3.05, 3.63) is 63.8 Å². The van der Waals surface area contributed by atoms with Gasteiger partial charge in [-0.3, -0.25) is 0 Å². The minimum atomic E-state index is -3.66. The largest absolute Gasteiger partial charge is 0.476 e. The highest BCUT2D eigenvalue weighted by Gasteiger charge is 2.34. The number of carbonyl (C=O) groups is 1. The zero-order chi connectivity index (χ0) is 19.2. The van der Waals surface area contributed by atoms with Crippen LogP contribution >= 0.6 is 22.9 Å². The van der Waals surface area contributed by atoms with E-state index in [1.165, 1.54) is 4.31 Å². The predicted molar refractivity (Wildman–Crippen MR) is 101 cm³/mol. The van der Waals surface area contributed by atoms with Crippen LogP contribution in [0.2, 0.25) is 5.02 Å². The maximum atomic E-state index is 12.8. The van der Waals surface area contributed by atoms with Crippen LogP contribution in [-0.2, 0) is 23.0 Å². The fraction of sp³-hybridized carbons (Fsp3) is 0.176. The standard InChI is InChI=1S/C17H14ClN3O4S2/c18-11-3-5-12(6-4-11)21-14-7-8-20(10-13(14)16(19-21)17(22)23)27(24,25)15-2-1-9-26-15/h1-6,9H,7-8,10H2,(H,22,23). The van der Waals surface area contributed by atoms with Gasteiger partial charge in [-0.25, -0.2) is 17.9 Å². The first kappa shape index (κ1) is 18.2. The third-order valence-electron chi connectivity index (χ3n) is 4.39. The second-order valence-corrected chi connectivity index (χ2v) is 9.54. The number of hydrogen-bond acceptors (Lipinski definition) is 5. The first-order valence-corrected chi connectivity index (χ1v) is 10.7.